The topological polar surface area (TPSA) is 64.3 Å². The Morgan fingerprint density at radius 2 is 1.70 bits per heavy atom. The zero-order valence-electron chi connectivity index (χ0n) is 21.7. The third-order valence-electron chi connectivity index (χ3n) is 5.84. The third kappa shape index (κ3) is 8.36. The number of nitrogens with zero attached hydrogens (tertiary/aromatic N) is 2. The predicted molar refractivity (Wildman–Crippen MR) is 153 cm³/mol. The van der Waals surface area contributed by atoms with Gasteiger partial charge in [0, 0.05) is 18.3 Å². The van der Waals surface area contributed by atoms with Gasteiger partial charge in [-0.15, -0.1) is 0 Å². The lowest BCUT2D eigenvalue weighted by Gasteiger charge is -2.13. The molecule has 3 rings (SSSR count). The van der Waals surface area contributed by atoms with Gasteiger partial charge in [-0.1, -0.05) is 79.6 Å². The summed E-state index contributed by atoms with van der Waals surface area (Å²) in [7, 11) is 1.97. The average molecular weight is 517 g/mol. The van der Waals surface area contributed by atoms with Gasteiger partial charge >= 0.3 is 5.97 Å². The smallest absolute Gasteiger partial charge is 0.344 e. The van der Waals surface area contributed by atoms with Crippen LogP contribution in [-0.2, 0) is 11.8 Å². The Morgan fingerprint density at radius 3 is 2.30 bits per heavy atom. The molecule has 2 aromatic carbocycles. The Kier molecular flexibility index (Phi) is 10.1. The minimum absolute atomic E-state index is 0.408. The molecule has 6 heteroatoms. The molecule has 0 saturated heterocycles. The van der Waals surface area contributed by atoms with Gasteiger partial charge < -0.3 is 14.4 Å². The van der Waals surface area contributed by atoms with Crippen LogP contribution in [0.3, 0.4) is 0 Å². The van der Waals surface area contributed by atoms with Crippen molar-refractivity contribution in [3.05, 3.63) is 101 Å². The molecule has 0 bridgehead atoms. The zero-order valence-corrected chi connectivity index (χ0v) is 22.4. The summed E-state index contributed by atoms with van der Waals surface area (Å²) in [4.78, 5) is 15.8. The molecule has 0 aliphatic rings. The summed E-state index contributed by atoms with van der Waals surface area (Å²) in [5.41, 5.74) is 5.24. The molecule has 3 aromatic rings. The van der Waals surface area contributed by atoms with Crippen LogP contribution in [0.5, 0.6) is 5.75 Å². The van der Waals surface area contributed by atoms with Gasteiger partial charge in [-0.3, -0.25) is 0 Å². The Morgan fingerprint density at radius 1 is 1.05 bits per heavy atom. The highest BCUT2D eigenvalue weighted by atomic mass is 35.5. The largest absolute Gasteiger partial charge is 0.479 e. The van der Waals surface area contributed by atoms with Crippen molar-refractivity contribution in [2.24, 2.45) is 7.05 Å². The number of hydrogen-bond acceptors (Lipinski definition) is 3. The average Bonchev–Trinajstić information content (AvgIpc) is 3.25. The number of imidazole rings is 1. The number of aryl methyl sites for hydroxylation is 1. The SMILES string of the molecule is CC\C(C)=C/C(Cl)=C\C=C\c1cn(C)c(/C=C/c2ccc(-c3ccc(OC(CC)C(=O)O)cc3)cc2)n1. The number of aromatic nitrogens is 2. The van der Waals surface area contributed by atoms with Crippen molar-refractivity contribution in [3.63, 3.8) is 0 Å². The summed E-state index contributed by atoms with van der Waals surface area (Å²) in [5, 5.41) is 9.86. The maximum Gasteiger partial charge on any atom is 0.344 e. The Bertz CT molecular complexity index is 1310. The van der Waals surface area contributed by atoms with Crippen LogP contribution in [0.1, 0.15) is 50.7 Å². The molecule has 0 fully saturated rings. The number of hydrogen-bond donors (Lipinski definition) is 1. The van der Waals surface area contributed by atoms with Crippen molar-refractivity contribution >= 4 is 35.8 Å². The molecule has 0 saturated carbocycles. The number of aliphatic carboxylic acids is 1. The van der Waals surface area contributed by atoms with Crippen LogP contribution in [0, 0.1) is 0 Å². The first-order chi connectivity index (χ1) is 17.8. The van der Waals surface area contributed by atoms with Crippen molar-refractivity contribution in [1.29, 1.82) is 0 Å². The highest BCUT2D eigenvalue weighted by molar-refractivity contribution is 6.31. The van der Waals surface area contributed by atoms with Crippen LogP contribution in [0.2, 0.25) is 0 Å². The van der Waals surface area contributed by atoms with Crippen LogP contribution < -0.4 is 4.74 Å². The van der Waals surface area contributed by atoms with Crippen LogP contribution in [0.25, 0.3) is 29.4 Å². The summed E-state index contributed by atoms with van der Waals surface area (Å²) in [6.45, 7) is 5.95. The molecule has 0 aliphatic carbocycles. The van der Waals surface area contributed by atoms with Crippen molar-refractivity contribution in [1.82, 2.24) is 9.55 Å². The summed E-state index contributed by atoms with van der Waals surface area (Å²) in [6.07, 6.45) is 14.2. The predicted octanol–water partition coefficient (Wildman–Crippen LogP) is 7.99. The van der Waals surface area contributed by atoms with Gasteiger partial charge in [0.05, 0.1) is 5.69 Å². The van der Waals surface area contributed by atoms with E-state index in [1.807, 2.05) is 66.4 Å². The molecule has 0 amide bonds. The molecular weight excluding hydrogens is 484 g/mol. The fourth-order valence-electron chi connectivity index (χ4n) is 3.52. The van der Waals surface area contributed by atoms with Gasteiger partial charge in [0.1, 0.15) is 11.6 Å². The molecule has 1 heterocycles. The number of benzene rings is 2. The van der Waals surface area contributed by atoms with Gasteiger partial charge in [0.15, 0.2) is 6.10 Å². The van der Waals surface area contributed by atoms with Crippen LogP contribution in [0.4, 0.5) is 0 Å². The lowest BCUT2D eigenvalue weighted by atomic mass is 10.0. The van der Waals surface area contributed by atoms with E-state index in [2.05, 4.69) is 43.1 Å². The number of carbonyl (C=O) groups is 1. The fraction of sp³-hybridized carbons (Fsp3) is 0.226. The van der Waals surface area contributed by atoms with Gasteiger partial charge in [0.2, 0.25) is 0 Å². The van der Waals surface area contributed by atoms with E-state index in [-0.39, 0.29) is 0 Å². The van der Waals surface area contributed by atoms with Crippen molar-refractivity contribution in [3.8, 4) is 16.9 Å². The highest BCUT2D eigenvalue weighted by Crippen LogP contribution is 2.24. The van der Waals surface area contributed by atoms with E-state index in [9.17, 15) is 4.79 Å². The molecule has 0 aliphatic heterocycles. The van der Waals surface area contributed by atoms with Crippen LogP contribution >= 0.6 is 11.6 Å². The summed E-state index contributed by atoms with van der Waals surface area (Å²) in [6, 6.07) is 15.7. The van der Waals surface area contributed by atoms with Gasteiger partial charge in [-0.2, -0.15) is 0 Å². The number of allylic oxidation sites excluding steroid dienone is 5. The first-order valence-corrected chi connectivity index (χ1v) is 12.7. The molecule has 192 valence electrons. The lowest BCUT2D eigenvalue weighted by Crippen LogP contribution is -2.25. The van der Waals surface area contributed by atoms with Gasteiger partial charge in [0.25, 0.3) is 0 Å². The molecule has 1 aromatic heterocycles. The van der Waals surface area contributed by atoms with Crippen LogP contribution in [-0.4, -0.2) is 26.7 Å². The minimum Gasteiger partial charge on any atom is -0.479 e. The van der Waals surface area contributed by atoms with E-state index in [1.54, 1.807) is 19.1 Å². The number of ether oxygens (including phenoxy) is 1. The summed E-state index contributed by atoms with van der Waals surface area (Å²) < 4.78 is 7.52. The second-order valence-electron chi connectivity index (χ2n) is 8.72. The Hall–Kier alpha value is -3.83. The number of halogens is 1. The first kappa shape index (κ1) is 27.8. The lowest BCUT2D eigenvalue weighted by molar-refractivity contribution is -0.145. The number of carboxylic acid groups (broad SMARTS) is 1. The molecule has 0 spiro atoms. The van der Waals surface area contributed by atoms with Gasteiger partial charge in [-0.25, -0.2) is 9.78 Å². The van der Waals surface area contributed by atoms with E-state index < -0.39 is 12.1 Å². The zero-order chi connectivity index (χ0) is 26.8. The molecule has 5 nitrogen and oxygen atoms in total. The van der Waals surface area contributed by atoms with E-state index in [1.165, 1.54) is 5.57 Å². The van der Waals surface area contributed by atoms with E-state index in [0.717, 1.165) is 34.6 Å². The first-order valence-electron chi connectivity index (χ1n) is 12.3. The standard InChI is InChI=1S/C31H33ClN2O3/c1-5-22(3)20-26(32)8-7-9-27-21-34(4)30(33-27)19-12-23-10-13-24(14-11-23)25-15-17-28(18-16-25)37-29(6-2)31(35)36/h7-21,29H,5-6H2,1-4H3,(H,35,36)/b9-7+,19-12+,22-20-,26-8+. The third-order valence-corrected chi connectivity index (χ3v) is 6.08. The van der Waals surface area contributed by atoms with Crippen LogP contribution in [0.15, 0.2) is 83.6 Å². The molecule has 1 unspecified atom stereocenters. The monoisotopic (exact) mass is 516 g/mol. The second-order valence-corrected chi connectivity index (χ2v) is 9.16. The number of rotatable bonds is 11. The normalized spacial score (nSPS) is 13.4. The van der Waals surface area contributed by atoms with E-state index in [4.69, 9.17) is 21.4 Å². The molecule has 37 heavy (non-hydrogen) atoms. The Balaban J connectivity index is 1.64. The number of carboxylic acids is 1. The quantitative estimate of drug-likeness (QED) is 0.262. The van der Waals surface area contributed by atoms with Gasteiger partial charge in [-0.05, 0) is 72.9 Å². The van der Waals surface area contributed by atoms with Crippen molar-refractivity contribution in [2.75, 3.05) is 0 Å². The Labute approximate surface area is 224 Å². The molecular formula is C31H33ClN2O3. The summed E-state index contributed by atoms with van der Waals surface area (Å²) >= 11 is 6.24. The summed E-state index contributed by atoms with van der Waals surface area (Å²) in [5.74, 6) is 0.438. The molecule has 1 N–H and O–H groups in total. The second kappa shape index (κ2) is 13.5. The maximum absolute atomic E-state index is 11.2. The van der Waals surface area contributed by atoms with E-state index >= 15 is 0 Å². The van der Waals surface area contributed by atoms with Crippen molar-refractivity contribution in [2.45, 2.75) is 39.7 Å². The van der Waals surface area contributed by atoms with Crippen molar-refractivity contribution < 1.29 is 14.6 Å². The maximum atomic E-state index is 11.2. The van der Waals surface area contributed by atoms with E-state index in [0.29, 0.717) is 17.2 Å². The minimum atomic E-state index is -0.957. The molecule has 1 atom stereocenters. The molecule has 0 radical (unpaired) electrons. The highest BCUT2D eigenvalue weighted by Gasteiger charge is 2.16. The fourth-order valence-corrected chi connectivity index (χ4v) is 3.78.